The summed E-state index contributed by atoms with van der Waals surface area (Å²) in [4.78, 5) is 45.6. The van der Waals surface area contributed by atoms with Crippen LogP contribution in [0, 0.1) is 18.8 Å². The first kappa shape index (κ1) is 39.8. The lowest BCUT2D eigenvalue weighted by atomic mass is 9.81. The minimum atomic E-state index is -5.85. The maximum Gasteiger partial charge on any atom is 0.461 e. The number of nitrogens with one attached hydrogen (secondary N) is 4. The van der Waals surface area contributed by atoms with Crippen LogP contribution in [0.1, 0.15) is 78.7 Å². The number of amides is 3. The molecule has 2 aliphatic rings. The van der Waals surface area contributed by atoms with Crippen molar-refractivity contribution in [3.8, 4) is 11.1 Å². The third-order valence-electron chi connectivity index (χ3n) is 10.9. The Labute approximate surface area is 315 Å². The first-order valence-electron chi connectivity index (χ1n) is 18.6. The molecule has 1 aromatic heterocycles. The van der Waals surface area contributed by atoms with Gasteiger partial charge in [-0.25, -0.2) is 4.98 Å². The Morgan fingerprint density at radius 3 is 2.22 bits per heavy atom. The smallest absolute Gasteiger partial charge is 0.349 e. The summed E-state index contributed by atoms with van der Waals surface area (Å²) in [7, 11) is 0. The molecule has 0 aliphatic heterocycles. The van der Waals surface area contributed by atoms with Gasteiger partial charge in [-0.2, -0.15) is 22.0 Å². The van der Waals surface area contributed by atoms with E-state index < -0.39 is 29.9 Å². The molecule has 0 saturated heterocycles. The number of halogens is 5. The molecule has 1 heterocycles. The molecule has 3 aromatic carbocycles. The molecule has 0 bridgehead atoms. The normalized spacial score (nSPS) is 21.2. The highest BCUT2D eigenvalue weighted by molar-refractivity contribution is 5.99. The third-order valence-corrected chi connectivity index (χ3v) is 10.9. The number of carbonyl (C=O) groups excluding carboxylic acids is 3. The zero-order valence-corrected chi connectivity index (χ0v) is 30.4. The molecular weight excluding hydrogens is 721 g/mol. The average Bonchev–Trinajstić information content (AvgIpc) is 3.60. The van der Waals surface area contributed by atoms with Crippen molar-refractivity contribution in [2.45, 2.75) is 94.9 Å². The Morgan fingerprint density at radius 1 is 0.891 bits per heavy atom. The SMILES string of the molecule is Cc1cc(C(=O)NC2CCC(N)CC2)ccc1-c1ccc(CC(NC(=O)C2CCC(CN)CC2)C(=O)Nc2ccc3nc(C(F)(F)C(F)(F)F)[nH]c3c2)cc1. The average molecular weight is 768 g/mol. The summed E-state index contributed by atoms with van der Waals surface area (Å²) in [5, 5.41) is 8.70. The van der Waals surface area contributed by atoms with E-state index >= 15 is 0 Å². The van der Waals surface area contributed by atoms with Crippen LogP contribution in [0.3, 0.4) is 0 Å². The van der Waals surface area contributed by atoms with Crippen molar-refractivity contribution in [1.29, 1.82) is 0 Å². The Bertz CT molecular complexity index is 2000. The van der Waals surface area contributed by atoms with Crippen LogP contribution >= 0.6 is 0 Å². The predicted octanol–water partition coefficient (Wildman–Crippen LogP) is 6.62. The van der Waals surface area contributed by atoms with Gasteiger partial charge in [0, 0.05) is 35.7 Å². The third kappa shape index (κ3) is 9.33. The van der Waals surface area contributed by atoms with Gasteiger partial charge < -0.3 is 32.4 Å². The number of benzene rings is 3. The van der Waals surface area contributed by atoms with Crippen LogP contribution in [0.15, 0.2) is 60.7 Å². The van der Waals surface area contributed by atoms with E-state index in [9.17, 15) is 36.3 Å². The number of aromatic amines is 1. The lowest BCUT2D eigenvalue weighted by Gasteiger charge is -2.28. The standard InChI is InChI=1S/C40H46F5N7O3/c1-22-18-27(36(54)48-29-13-11-28(47)12-14-29)10-16-31(22)25-6-2-23(3-7-25)19-34(50-35(53)26-8-4-24(21-46)5-9-26)37(55)49-30-15-17-32-33(20-30)52-38(51-32)39(41,42)40(43,44)45/h2-3,6-7,10,15-18,20,24,26,28-29,34H,4-5,8-9,11-14,19,21,46-47H2,1H3,(H,48,54)(H,49,55)(H,50,53)(H,51,52). The number of anilines is 1. The molecule has 2 aliphatic carbocycles. The molecule has 0 spiro atoms. The van der Waals surface area contributed by atoms with Gasteiger partial charge >= 0.3 is 12.1 Å². The lowest BCUT2D eigenvalue weighted by molar-refractivity contribution is -0.292. The zero-order chi connectivity index (χ0) is 39.5. The van der Waals surface area contributed by atoms with E-state index in [0.717, 1.165) is 60.8 Å². The van der Waals surface area contributed by atoms with Gasteiger partial charge in [0.25, 0.3) is 5.91 Å². The molecule has 6 rings (SSSR count). The van der Waals surface area contributed by atoms with Crippen LogP contribution in [0.4, 0.5) is 27.6 Å². The van der Waals surface area contributed by atoms with Gasteiger partial charge in [-0.15, -0.1) is 0 Å². The van der Waals surface area contributed by atoms with Crippen molar-refractivity contribution in [1.82, 2.24) is 20.6 Å². The first-order chi connectivity index (χ1) is 26.1. The van der Waals surface area contributed by atoms with Crippen LogP contribution in [0.2, 0.25) is 0 Å². The number of H-pyrrole nitrogens is 1. The number of aryl methyl sites for hydroxylation is 1. The van der Waals surface area contributed by atoms with Crippen molar-refractivity contribution in [3.05, 3.63) is 83.2 Å². The number of imidazole rings is 1. The summed E-state index contributed by atoms with van der Waals surface area (Å²) < 4.78 is 66.8. The van der Waals surface area contributed by atoms with Gasteiger partial charge in [-0.1, -0.05) is 30.3 Å². The van der Waals surface area contributed by atoms with Crippen molar-refractivity contribution in [3.63, 3.8) is 0 Å². The molecule has 294 valence electrons. The van der Waals surface area contributed by atoms with E-state index in [1.807, 2.05) is 48.3 Å². The summed E-state index contributed by atoms with van der Waals surface area (Å²) in [5.41, 5.74) is 15.7. The number of alkyl halides is 5. The molecule has 3 amide bonds. The van der Waals surface area contributed by atoms with Gasteiger partial charge in [0.05, 0.1) is 11.0 Å². The maximum atomic E-state index is 14.0. The first-order valence-corrected chi connectivity index (χ1v) is 18.6. The topological polar surface area (TPSA) is 168 Å². The molecular formula is C40H46F5N7O3. The van der Waals surface area contributed by atoms with Gasteiger partial charge in [-0.3, -0.25) is 14.4 Å². The molecule has 15 heteroatoms. The highest BCUT2D eigenvalue weighted by atomic mass is 19.4. The fraction of sp³-hybridized carbons (Fsp3) is 0.450. The number of hydrogen-bond acceptors (Lipinski definition) is 6. The number of fused-ring (bicyclic) bond motifs is 1. The summed E-state index contributed by atoms with van der Waals surface area (Å²) in [5.74, 6) is -7.73. The van der Waals surface area contributed by atoms with Crippen molar-refractivity contribution in [2.24, 2.45) is 23.3 Å². The zero-order valence-electron chi connectivity index (χ0n) is 30.4. The Balaban J connectivity index is 1.17. The van der Waals surface area contributed by atoms with E-state index in [-0.39, 0.29) is 53.0 Å². The number of carbonyl (C=O) groups is 3. The highest BCUT2D eigenvalue weighted by Gasteiger charge is 2.61. The molecule has 4 aromatic rings. The summed E-state index contributed by atoms with van der Waals surface area (Å²) in [6.07, 6.45) is 0.610. The molecule has 55 heavy (non-hydrogen) atoms. The van der Waals surface area contributed by atoms with Crippen LogP contribution in [0.5, 0.6) is 0 Å². The Hall–Kier alpha value is -4.89. The second kappa shape index (κ2) is 16.5. The quantitative estimate of drug-likeness (QED) is 0.0938. The van der Waals surface area contributed by atoms with E-state index in [1.165, 1.54) is 18.2 Å². The monoisotopic (exact) mass is 767 g/mol. The van der Waals surface area contributed by atoms with E-state index in [2.05, 4.69) is 20.9 Å². The largest absolute Gasteiger partial charge is 0.461 e. The minimum absolute atomic E-state index is 0.106. The molecule has 8 N–H and O–H groups in total. The summed E-state index contributed by atoms with van der Waals surface area (Å²) in [6, 6.07) is 16.0. The molecule has 2 fully saturated rings. The van der Waals surface area contributed by atoms with E-state index in [4.69, 9.17) is 11.5 Å². The highest BCUT2D eigenvalue weighted by Crippen LogP contribution is 2.43. The minimum Gasteiger partial charge on any atom is -0.349 e. The van der Waals surface area contributed by atoms with E-state index in [1.54, 1.807) is 6.07 Å². The van der Waals surface area contributed by atoms with Gasteiger partial charge in [0.1, 0.15) is 6.04 Å². The van der Waals surface area contributed by atoms with Crippen LogP contribution in [-0.4, -0.2) is 58.5 Å². The second-order valence-corrected chi connectivity index (χ2v) is 14.9. The van der Waals surface area contributed by atoms with Crippen LogP contribution in [-0.2, 0) is 21.9 Å². The van der Waals surface area contributed by atoms with Crippen LogP contribution < -0.4 is 27.4 Å². The number of aromatic nitrogens is 2. The van der Waals surface area contributed by atoms with Gasteiger partial charge in [-0.05, 0) is 123 Å². The summed E-state index contributed by atoms with van der Waals surface area (Å²) >= 11 is 0. The predicted molar refractivity (Wildman–Crippen MR) is 199 cm³/mol. The molecule has 10 nitrogen and oxygen atoms in total. The number of nitrogens with two attached hydrogens (primary N) is 2. The number of hydrogen-bond donors (Lipinski definition) is 6. The molecule has 0 radical (unpaired) electrons. The molecule has 1 unspecified atom stereocenters. The molecule has 2 saturated carbocycles. The maximum absolute atomic E-state index is 14.0. The van der Waals surface area contributed by atoms with Crippen molar-refractivity contribution >= 4 is 34.4 Å². The Kier molecular flexibility index (Phi) is 11.9. The van der Waals surface area contributed by atoms with Gasteiger partial charge in [0.2, 0.25) is 11.8 Å². The number of nitrogens with zero attached hydrogens (tertiary/aromatic N) is 1. The second-order valence-electron chi connectivity index (χ2n) is 14.9. The van der Waals surface area contributed by atoms with Crippen molar-refractivity contribution in [2.75, 3.05) is 11.9 Å². The van der Waals surface area contributed by atoms with E-state index in [0.29, 0.717) is 30.9 Å². The fourth-order valence-corrected chi connectivity index (χ4v) is 7.48. The fourth-order valence-electron chi connectivity index (χ4n) is 7.48. The number of rotatable bonds is 11. The molecule has 1 atom stereocenters. The van der Waals surface area contributed by atoms with Crippen molar-refractivity contribution < 1.29 is 36.3 Å². The summed E-state index contributed by atoms with van der Waals surface area (Å²) in [6.45, 7) is 2.47. The van der Waals surface area contributed by atoms with Gasteiger partial charge in [0.15, 0.2) is 5.82 Å². The van der Waals surface area contributed by atoms with Crippen LogP contribution in [0.25, 0.3) is 22.2 Å². The lowest BCUT2D eigenvalue weighted by Crippen LogP contribution is -2.48. The Morgan fingerprint density at radius 2 is 1.58 bits per heavy atom.